The zero-order chi connectivity index (χ0) is 13.7. The Bertz CT molecular complexity index is 441. The van der Waals surface area contributed by atoms with Crippen LogP contribution in [-0.4, -0.2) is 34.6 Å². The van der Waals surface area contributed by atoms with Crippen LogP contribution in [0.15, 0.2) is 0 Å². The van der Waals surface area contributed by atoms with E-state index in [-0.39, 0.29) is 28.5 Å². The van der Waals surface area contributed by atoms with E-state index in [1.807, 2.05) is 6.92 Å². The molecule has 8 heteroatoms. The lowest BCUT2D eigenvalue weighted by Crippen LogP contribution is -2.19. The second-order valence-corrected chi connectivity index (χ2v) is 4.20. The molecule has 0 aliphatic rings. The van der Waals surface area contributed by atoms with E-state index >= 15 is 0 Å². The summed E-state index contributed by atoms with van der Waals surface area (Å²) >= 11 is 5.71. The number of halogens is 1. The summed E-state index contributed by atoms with van der Waals surface area (Å²) in [5, 5.41) is 13.9. The van der Waals surface area contributed by atoms with Crippen LogP contribution in [0, 0.1) is 17.0 Å². The molecule has 7 nitrogen and oxygen atoms in total. The maximum Gasteiger partial charge on any atom is 0.332 e. The molecule has 0 spiro atoms. The second-order valence-electron chi connectivity index (χ2n) is 3.86. The lowest BCUT2D eigenvalue weighted by Gasteiger charge is -2.14. The number of ether oxygens (including phenoxy) is 1. The normalized spacial score (nSPS) is 12.2. The van der Waals surface area contributed by atoms with E-state index < -0.39 is 4.92 Å². The van der Waals surface area contributed by atoms with Crippen LogP contribution in [0.4, 0.5) is 11.5 Å². The summed E-state index contributed by atoms with van der Waals surface area (Å²) in [7, 11) is 1.60. The third-order valence-corrected chi connectivity index (χ3v) is 2.52. The Balaban J connectivity index is 2.96. The molecular weight excluding hydrogens is 260 g/mol. The van der Waals surface area contributed by atoms with Crippen molar-refractivity contribution in [3.05, 3.63) is 21.1 Å². The molecule has 100 valence electrons. The maximum atomic E-state index is 11.0. The van der Waals surface area contributed by atoms with Gasteiger partial charge in [-0.2, -0.15) is 4.98 Å². The van der Waals surface area contributed by atoms with Gasteiger partial charge in [0.15, 0.2) is 0 Å². The average Bonchev–Trinajstić information content (AvgIpc) is 2.24. The lowest BCUT2D eigenvalue weighted by atomic mass is 10.2. The summed E-state index contributed by atoms with van der Waals surface area (Å²) in [5.74, 6) is 0.140. The minimum Gasteiger partial charge on any atom is -0.385 e. The van der Waals surface area contributed by atoms with E-state index in [0.29, 0.717) is 13.0 Å². The minimum atomic E-state index is -0.517. The zero-order valence-corrected chi connectivity index (χ0v) is 11.2. The van der Waals surface area contributed by atoms with Gasteiger partial charge in [0.2, 0.25) is 11.1 Å². The maximum absolute atomic E-state index is 11.0. The number of anilines is 1. The molecule has 0 saturated carbocycles. The van der Waals surface area contributed by atoms with Crippen molar-refractivity contribution in [2.75, 3.05) is 19.0 Å². The standard InChI is InChI=1S/C10H15ClN4O3/c1-6(4-5-18-3)12-9-8(15(16)17)7(2)13-10(11)14-9/h6H,4-5H2,1-3H3,(H,12,13,14). The van der Waals surface area contributed by atoms with Crippen LogP contribution in [-0.2, 0) is 4.74 Å². The third kappa shape index (κ3) is 3.78. The number of hydrogen-bond acceptors (Lipinski definition) is 6. The highest BCUT2D eigenvalue weighted by Crippen LogP contribution is 2.27. The minimum absolute atomic E-state index is 0.0143. The lowest BCUT2D eigenvalue weighted by molar-refractivity contribution is -0.385. The number of aryl methyl sites for hydroxylation is 1. The van der Waals surface area contributed by atoms with Crippen molar-refractivity contribution in [1.82, 2.24) is 9.97 Å². The average molecular weight is 275 g/mol. The monoisotopic (exact) mass is 274 g/mol. The fourth-order valence-corrected chi connectivity index (χ4v) is 1.66. The van der Waals surface area contributed by atoms with Gasteiger partial charge in [-0.25, -0.2) is 4.98 Å². The van der Waals surface area contributed by atoms with E-state index in [2.05, 4.69) is 15.3 Å². The molecule has 0 saturated heterocycles. The van der Waals surface area contributed by atoms with Crippen molar-refractivity contribution in [3.8, 4) is 0 Å². The predicted octanol–water partition coefficient (Wildman–Crippen LogP) is 2.18. The Morgan fingerprint density at radius 1 is 1.56 bits per heavy atom. The molecule has 1 rings (SSSR count). The smallest absolute Gasteiger partial charge is 0.332 e. The molecule has 1 heterocycles. The Kier molecular flexibility index (Phi) is 5.24. The highest BCUT2D eigenvalue weighted by molar-refractivity contribution is 6.28. The molecule has 1 unspecified atom stereocenters. The van der Waals surface area contributed by atoms with Crippen molar-refractivity contribution in [2.45, 2.75) is 26.3 Å². The summed E-state index contributed by atoms with van der Waals surface area (Å²) in [5.41, 5.74) is 0.0881. The van der Waals surface area contributed by atoms with E-state index in [1.54, 1.807) is 7.11 Å². The van der Waals surface area contributed by atoms with Crippen LogP contribution in [0.5, 0.6) is 0 Å². The SMILES string of the molecule is COCCC(C)Nc1nc(Cl)nc(C)c1[N+](=O)[O-]. The van der Waals surface area contributed by atoms with E-state index in [1.165, 1.54) is 6.92 Å². The predicted molar refractivity (Wildman–Crippen MR) is 68.0 cm³/mol. The van der Waals surface area contributed by atoms with Crippen LogP contribution in [0.25, 0.3) is 0 Å². The highest BCUT2D eigenvalue weighted by atomic mass is 35.5. The Hall–Kier alpha value is -1.47. The second kappa shape index (κ2) is 6.46. The van der Waals surface area contributed by atoms with Crippen molar-refractivity contribution >= 4 is 23.1 Å². The number of nitrogens with one attached hydrogen (secondary N) is 1. The quantitative estimate of drug-likeness (QED) is 0.486. The fraction of sp³-hybridized carbons (Fsp3) is 0.600. The molecule has 0 aliphatic heterocycles. The first kappa shape index (κ1) is 14.6. The van der Waals surface area contributed by atoms with Gasteiger partial charge in [0.25, 0.3) is 0 Å². The van der Waals surface area contributed by atoms with Crippen molar-refractivity contribution in [3.63, 3.8) is 0 Å². The van der Waals surface area contributed by atoms with E-state index in [0.717, 1.165) is 0 Å². The van der Waals surface area contributed by atoms with Crippen LogP contribution >= 0.6 is 11.6 Å². The van der Waals surface area contributed by atoms with Gasteiger partial charge in [0.1, 0.15) is 5.69 Å². The molecule has 1 N–H and O–H groups in total. The highest BCUT2D eigenvalue weighted by Gasteiger charge is 2.22. The van der Waals surface area contributed by atoms with Gasteiger partial charge in [-0.1, -0.05) is 0 Å². The number of rotatable bonds is 6. The summed E-state index contributed by atoms with van der Waals surface area (Å²) < 4.78 is 4.94. The number of nitro groups is 1. The van der Waals surface area contributed by atoms with Gasteiger partial charge in [0.05, 0.1) is 4.92 Å². The number of methoxy groups -OCH3 is 1. The van der Waals surface area contributed by atoms with Crippen molar-refractivity contribution in [2.24, 2.45) is 0 Å². The molecular formula is C10H15ClN4O3. The van der Waals surface area contributed by atoms with Gasteiger partial charge >= 0.3 is 5.69 Å². The van der Waals surface area contributed by atoms with E-state index in [4.69, 9.17) is 16.3 Å². The summed E-state index contributed by atoms with van der Waals surface area (Å²) in [6.07, 6.45) is 0.703. The molecule has 0 radical (unpaired) electrons. The Labute approximate surface area is 110 Å². The topological polar surface area (TPSA) is 90.2 Å². The fourth-order valence-electron chi connectivity index (χ4n) is 1.45. The number of hydrogen-bond donors (Lipinski definition) is 1. The first-order valence-electron chi connectivity index (χ1n) is 5.39. The Morgan fingerprint density at radius 3 is 2.78 bits per heavy atom. The van der Waals surface area contributed by atoms with Gasteiger partial charge in [-0.3, -0.25) is 10.1 Å². The number of nitrogens with zero attached hydrogens (tertiary/aromatic N) is 3. The Morgan fingerprint density at radius 2 is 2.22 bits per heavy atom. The first-order valence-corrected chi connectivity index (χ1v) is 5.77. The molecule has 1 atom stereocenters. The van der Waals surface area contributed by atoms with E-state index in [9.17, 15) is 10.1 Å². The van der Waals surface area contributed by atoms with Crippen LogP contribution in [0.2, 0.25) is 5.28 Å². The molecule has 1 aromatic rings. The van der Waals surface area contributed by atoms with Crippen molar-refractivity contribution < 1.29 is 9.66 Å². The van der Waals surface area contributed by atoms with Gasteiger partial charge in [-0.05, 0) is 31.9 Å². The molecule has 0 amide bonds. The molecule has 0 fully saturated rings. The summed E-state index contributed by atoms with van der Waals surface area (Å²) in [4.78, 5) is 18.1. The number of aromatic nitrogens is 2. The van der Waals surface area contributed by atoms with Crippen LogP contribution in [0.3, 0.4) is 0 Å². The summed E-state index contributed by atoms with van der Waals surface area (Å²) in [6.45, 7) is 3.96. The molecule has 0 bridgehead atoms. The van der Waals surface area contributed by atoms with Crippen LogP contribution < -0.4 is 5.32 Å². The van der Waals surface area contributed by atoms with Crippen molar-refractivity contribution in [1.29, 1.82) is 0 Å². The third-order valence-electron chi connectivity index (χ3n) is 2.35. The molecule has 18 heavy (non-hydrogen) atoms. The molecule has 1 aromatic heterocycles. The zero-order valence-electron chi connectivity index (χ0n) is 10.4. The molecule has 0 aromatic carbocycles. The first-order chi connectivity index (χ1) is 8.45. The van der Waals surface area contributed by atoms with Gasteiger partial charge in [-0.15, -0.1) is 0 Å². The molecule has 0 aliphatic carbocycles. The van der Waals surface area contributed by atoms with Gasteiger partial charge < -0.3 is 10.1 Å². The van der Waals surface area contributed by atoms with Gasteiger partial charge in [0, 0.05) is 19.8 Å². The van der Waals surface area contributed by atoms with Crippen LogP contribution in [0.1, 0.15) is 19.0 Å². The summed E-state index contributed by atoms with van der Waals surface area (Å²) in [6, 6.07) is -0.0194. The largest absolute Gasteiger partial charge is 0.385 e.